The summed E-state index contributed by atoms with van der Waals surface area (Å²) in [6, 6.07) is 5.28. The summed E-state index contributed by atoms with van der Waals surface area (Å²) in [4.78, 5) is 10.7. The van der Waals surface area contributed by atoms with Crippen molar-refractivity contribution in [2.45, 2.75) is 13.0 Å². The van der Waals surface area contributed by atoms with Crippen molar-refractivity contribution < 1.29 is 19.2 Å². The van der Waals surface area contributed by atoms with Crippen molar-refractivity contribution >= 4 is 33.0 Å². The van der Waals surface area contributed by atoms with Crippen LogP contribution in [0.3, 0.4) is 0 Å². The largest absolute Gasteiger partial charge is 0.437 e. The van der Waals surface area contributed by atoms with Crippen LogP contribution in [0.4, 0.5) is 10.1 Å². The molecule has 5 nitrogen and oxygen atoms in total. The number of thiophene rings is 1. The Bertz CT molecular complexity index is 659. The van der Waals surface area contributed by atoms with E-state index in [1.54, 1.807) is 0 Å². The fraction of sp³-hybridized carbons (Fsp3) is 0.167. The van der Waals surface area contributed by atoms with E-state index in [-0.39, 0.29) is 16.5 Å². The average Bonchev–Trinajstić information content (AvgIpc) is 2.78. The minimum absolute atomic E-state index is 0.0668. The van der Waals surface area contributed by atoms with Crippen molar-refractivity contribution in [2.24, 2.45) is 0 Å². The lowest BCUT2D eigenvalue weighted by atomic mass is 10.3. The molecule has 0 radical (unpaired) electrons. The maximum absolute atomic E-state index is 13.6. The first-order valence-corrected chi connectivity index (χ1v) is 7.08. The molecule has 1 heterocycles. The highest BCUT2D eigenvalue weighted by Crippen LogP contribution is 2.42. The molecule has 1 aromatic carbocycles. The molecule has 1 aromatic heterocycles. The molecule has 0 saturated heterocycles. The van der Waals surface area contributed by atoms with Gasteiger partial charge in [0.2, 0.25) is 0 Å². The van der Waals surface area contributed by atoms with Gasteiger partial charge in [0.25, 0.3) is 5.06 Å². The van der Waals surface area contributed by atoms with Crippen molar-refractivity contribution in [3.63, 3.8) is 0 Å². The Morgan fingerprint density at radius 3 is 2.80 bits per heavy atom. The van der Waals surface area contributed by atoms with E-state index >= 15 is 0 Å². The monoisotopic (exact) mass is 361 g/mol. The lowest BCUT2D eigenvalue weighted by Crippen LogP contribution is -1.91. The molecule has 8 heteroatoms. The molecule has 0 spiro atoms. The van der Waals surface area contributed by atoms with E-state index in [1.165, 1.54) is 31.2 Å². The minimum Gasteiger partial charge on any atom is -0.437 e. The number of aliphatic hydroxyl groups is 1. The summed E-state index contributed by atoms with van der Waals surface area (Å²) in [5.74, 6) is -0.754. The molecule has 0 unspecified atom stereocenters. The van der Waals surface area contributed by atoms with Gasteiger partial charge >= 0.3 is 5.69 Å². The third kappa shape index (κ3) is 3.14. The van der Waals surface area contributed by atoms with Crippen molar-refractivity contribution in [1.29, 1.82) is 0 Å². The number of rotatable bonds is 4. The molecular formula is C12H9BrFNO4S. The fourth-order valence-corrected chi connectivity index (χ4v) is 2.71. The van der Waals surface area contributed by atoms with Crippen LogP contribution in [0.2, 0.25) is 0 Å². The van der Waals surface area contributed by atoms with Gasteiger partial charge in [0.1, 0.15) is 0 Å². The van der Waals surface area contributed by atoms with E-state index in [4.69, 9.17) is 4.74 Å². The zero-order chi connectivity index (χ0) is 14.9. The van der Waals surface area contributed by atoms with Gasteiger partial charge in [-0.2, -0.15) is 0 Å². The first kappa shape index (κ1) is 14.9. The van der Waals surface area contributed by atoms with E-state index in [0.29, 0.717) is 9.35 Å². The summed E-state index contributed by atoms with van der Waals surface area (Å²) in [6.45, 7) is 1.49. The van der Waals surface area contributed by atoms with Crippen LogP contribution in [0, 0.1) is 15.9 Å². The number of nitrogens with zero attached hydrogens (tertiary/aromatic N) is 1. The van der Waals surface area contributed by atoms with E-state index in [2.05, 4.69) is 15.9 Å². The van der Waals surface area contributed by atoms with Crippen LogP contribution in [0.15, 0.2) is 28.7 Å². The van der Waals surface area contributed by atoms with Crippen molar-refractivity contribution in [1.82, 2.24) is 0 Å². The molecule has 0 aliphatic carbocycles. The summed E-state index contributed by atoms with van der Waals surface area (Å²) >= 11 is 4.08. The quantitative estimate of drug-likeness (QED) is 0.646. The summed E-state index contributed by atoms with van der Waals surface area (Å²) < 4.78 is 19.5. The van der Waals surface area contributed by atoms with Crippen LogP contribution < -0.4 is 4.74 Å². The zero-order valence-corrected chi connectivity index (χ0v) is 12.6. The normalized spacial score (nSPS) is 12.2. The van der Waals surface area contributed by atoms with Crippen LogP contribution in [0.25, 0.3) is 0 Å². The fourth-order valence-electron chi connectivity index (χ4n) is 1.44. The third-order valence-corrected chi connectivity index (χ3v) is 4.07. The van der Waals surface area contributed by atoms with Crippen LogP contribution >= 0.6 is 27.3 Å². The standard InChI is InChI=1S/C12H9BrFNO4S/c1-6(16)11-5-9(15(17)18)12(20-11)19-10-4-7(13)2-3-8(10)14/h2-6,16H,1H3/t6-/m1/s1. The second-order valence-electron chi connectivity index (χ2n) is 3.93. The summed E-state index contributed by atoms with van der Waals surface area (Å²) in [7, 11) is 0. The van der Waals surface area contributed by atoms with Crippen LogP contribution in [0.1, 0.15) is 17.9 Å². The maximum atomic E-state index is 13.6. The molecule has 0 aliphatic rings. The first-order valence-electron chi connectivity index (χ1n) is 5.47. The van der Waals surface area contributed by atoms with Gasteiger partial charge in [-0.05, 0) is 25.1 Å². The van der Waals surface area contributed by atoms with Gasteiger partial charge in [0.05, 0.1) is 11.0 Å². The Labute approximate surface area is 125 Å². The van der Waals surface area contributed by atoms with E-state index in [0.717, 1.165) is 11.3 Å². The van der Waals surface area contributed by atoms with Gasteiger partial charge in [0.15, 0.2) is 11.6 Å². The Kier molecular flexibility index (Phi) is 4.36. The second-order valence-corrected chi connectivity index (χ2v) is 5.89. The molecule has 1 atom stereocenters. The predicted octanol–water partition coefficient (Wildman–Crippen LogP) is 4.40. The summed E-state index contributed by atoms with van der Waals surface area (Å²) in [5.41, 5.74) is -0.301. The third-order valence-electron chi connectivity index (χ3n) is 2.40. The topological polar surface area (TPSA) is 72.6 Å². The lowest BCUT2D eigenvalue weighted by Gasteiger charge is -2.04. The zero-order valence-electron chi connectivity index (χ0n) is 10.2. The molecule has 2 aromatic rings. The molecule has 0 saturated carbocycles. The van der Waals surface area contributed by atoms with Gasteiger partial charge in [-0.1, -0.05) is 27.3 Å². The number of benzene rings is 1. The molecule has 106 valence electrons. The number of hydrogen-bond acceptors (Lipinski definition) is 5. The van der Waals surface area contributed by atoms with Gasteiger partial charge in [-0.25, -0.2) is 4.39 Å². The van der Waals surface area contributed by atoms with Crippen LogP contribution in [-0.2, 0) is 0 Å². The Morgan fingerprint density at radius 2 is 2.20 bits per heavy atom. The number of ether oxygens (including phenoxy) is 1. The van der Waals surface area contributed by atoms with Crippen LogP contribution in [-0.4, -0.2) is 10.0 Å². The van der Waals surface area contributed by atoms with Crippen molar-refractivity contribution in [3.8, 4) is 10.8 Å². The molecule has 20 heavy (non-hydrogen) atoms. The van der Waals surface area contributed by atoms with Gasteiger partial charge in [-0.15, -0.1) is 0 Å². The molecule has 0 amide bonds. The van der Waals surface area contributed by atoms with E-state index < -0.39 is 16.8 Å². The molecule has 0 fully saturated rings. The number of hydrogen-bond donors (Lipinski definition) is 1. The SMILES string of the molecule is C[C@@H](O)c1cc([N+](=O)[O-])c(Oc2cc(Br)ccc2F)s1. The Morgan fingerprint density at radius 1 is 1.50 bits per heavy atom. The predicted molar refractivity (Wildman–Crippen MR) is 75.8 cm³/mol. The van der Waals surface area contributed by atoms with Crippen LogP contribution in [0.5, 0.6) is 10.8 Å². The van der Waals surface area contributed by atoms with Crippen molar-refractivity contribution in [3.05, 3.63) is 49.5 Å². The smallest absolute Gasteiger partial charge is 0.323 e. The average molecular weight is 362 g/mol. The lowest BCUT2D eigenvalue weighted by molar-refractivity contribution is -0.385. The Balaban J connectivity index is 2.42. The molecule has 1 N–H and O–H groups in total. The minimum atomic E-state index is -0.858. The van der Waals surface area contributed by atoms with Gasteiger partial charge in [-0.3, -0.25) is 10.1 Å². The van der Waals surface area contributed by atoms with Gasteiger partial charge < -0.3 is 9.84 Å². The molecule has 0 bridgehead atoms. The van der Waals surface area contributed by atoms with E-state index in [9.17, 15) is 19.6 Å². The number of halogens is 2. The number of nitro groups is 1. The van der Waals surface area contributed by atoms with Gasteiger partial charge in [0, 0.05) is 15.4 Å². The first-order chi connectivity index (χ1) is 9.38. The highest BCUT2D eigenvalue weighted by atomic mass is 79.9. The summed E-state index contributed by atoms with van der Waals surface area (Å²) in [5, 5.41) is 20.3. The highest BCUT2D eigenvalue weighted by molar-refractivity contribution is 9.10. The van der Waals surface area contributed by atoms with E-state index in [1.807, 2.05) is 0 Å². The molecular weight excluding hydrogens is 353 g/mol. The second kappa shape index (κ2) is 5.86. The summed E-state index contributed by atoms with van der Waals surface area (Å²) in [6.07, 6.45) is -0.858. The van der Waals surface area contributed by atoms with Crippen molar-refractivity contribution in [2.75, 3.05) is 0 Å². The molecule has 0 aliphatic heterocycles. The number of aliphatic hydroxyl groups excluding tert-OH is 1. The maximum Gasteiger partial charge on any atom is 0.323 e. The highest BCUT2D eigenvalue weighted by Gasteiger charge is 2.23. The Hall–Kier alpha value is -1.51. The molecule has 2 rings (SSSR count).